The molecule has 1 N–H and O–H groups in total. The van der Waals surface area contributed by atoms with Crippen molar-refractivity contribution < 1.29 is 14.6 Å². The number of methoxy groups -OCH3 is 2. The molecule has 1 atom stereocenters. The van der Waals surface area contributed by atoms with Crippen molar-refractivity contribution in [2.24, 2.45) is 0 Å². The largest absolute Gasteiger partial charge is 0.497 e. The number of benzene rings is 1. The van der Waals surface area contributed by atoms with Crippen LogP contribution in [0.25, 0.3) is 0 Å². The number of aliphatic hydroxyl groups excluding tert-OH is 1. The standard InChI is InChI=1S/C13H14N2O3/c1-17-10-5-3-4-9(8-10)12(16)11-13(18-2)15-7-6-14-11/h3-8,12,16H,1-2H3. The third kappa shape index (κ3) is 2.41. The number of ether oxygens (including phenoxy) is 2. The van der Waals surface area contributed by atoms with Crippen molar-refractivity contribution in [1.82, 2.24) is 9.97 Å². The Kier molecular flexibility index (Phi) is 3.74. The van der Waals surface area contributed by atoms with Gasteiger partial charge in [0.25, 0.3) is 0 Å². The van der Waals surface area contributed by atoms with Crippen LogP contribution in [0.1, 0.15) is 17.4 Å². The predicted octanol–water partition coefficient (Wildman–Crippen LogP) is 1.58. The summed E-state index contributed by atoms with van der Waals surface area (Å²) < 4.78 is 10.2. The van der Waals surface area contributed by atoms with Gasteiger partial charge in [-0.25, -0.2) is 4.98 Å². The molecule has 0 aliphatic heterocycles. The first-order valence-corrected chi connectivity index (χ1v) is 5.43. The zero-order valence-corrected chi connectivity index (χ0v) is 10.2. The summed E-state index contributed by atoms with van der Waals surface area (Å²) in [6.45, 7) is 0. The molecule has 5 nitrogen and oxygen atoms in total. The Labute approximate surface area is 105 Å². The highest BCUT2D eigenvalue weighted by Gasteiger charge is 2.18. The lowest BCUT2D eigenvalue weighted by molar-refractivity contribution is 0.207. The average molecular weight is 246 g/mol. The monoisotopic (exact) mass is 246 g/mol. The normalized spacial score (nSPS) is 11.9. The summed E-state index contributed by atoms with van der Waals surface area (Å²) in [4.78, 5) is 8.11. The second kappa shape index (κ2) is 5.46. The minimum atomic E-state index is -0.899. The fraction of sp³-hybridized carbons (Fsp3) is 0.231. The molecule has 0 saturated heterocycles. The maximum absolute atomic E-state index is 10.3. The van der Waals surface area contributed by atoms with Crippen molar-refractivity contribution in [3.8, 4) is 11.6 Å². The van der Waals surface area contributed by atoms with Crippen molar-refractivity contribution in [3.63, 3.8) is 0 Å². The predicted molar refractivity (Wildman–Crippen MR) is 65.6 cm³/mol. The maximum Gasteiger partial charge on any atom is 0.238 e. The Balaban J connectivity index is 2.37. The summed E-state index contributed by atoms with van der Waals surface area (Å²) >= 11 is 0. The molecule has 1 aromatic carbocycles. The van der Waals surface area contributed by atoms with Crippen LogP contribution in [-0.4, -0.2) is 29.3 Å². The summed E-state index contributed by atoms with van der Waals surface area (Å²) in [5, 5.41) is 10.3. The second-order valence-electron chi connectivity index (χ2n) is 3.63. The number of aromatic nitrogens is 2. The first-order valence-electron chi connectivity index (χ1n) is 5.43. The van der Waals surface area contributed by atoms with Crippen LogP contribution >= 0.6 is 0 Å². The van der Waals surface area contributed by atoms with Gasteiger partial charge in [-0.15, -0.1) is 0 Å². The van der Waals surface area contributed by atoms with E-state index in [4.69, 9.17) is 9.47 Å². The number of hydrogen-bond acceptors (Lipinski definition) is 5. The van der Waals surface area contributed by atoms with Crippen molar-refractivity contribution in [2.45, 2.75) is 6.10 Å². The Morgan fingerprint density at radius 2 is 1.89 bits per heavy atom. The molecule has 0 aliphatic rings. The minimum absolute atomic E-state index is 0.313. The maximum atomic E-state index is 10.3. The molecule has 18 heavy (non-hydrogen) atoms. The highest BCUT2D eigenvalue weighted by molar-refractivity contribution is 5.35. The fourth-order valence-electron chi connectivity index (χ4n) is 1.65. The Morgan fingerprint density at radius 1 is 1.11 bits per heavy atom. The molecule has 0 bridgehead atoms. The highest BCUT2D eigenvalue weighted by Crippen LogP contribution is 2.27. The molecule has 5 heteroatoms. The number of rotatable bonds is 4. The molecule has 1 aromatic heterocycles. The van der Waals surface area contributed by atoms with E-state index in [0.29, 0.717) is 22.9 Å². The molecule has 0 saturated carbocycles. The van der Waals surface area contributed by atoms with Gasteiger partial charge in [0.05, 0.1) is 14.2 Å². The molecule has 0 fully saturated rings. The van der Waals surface area contributed by atoms with Crippen LogP contribution in [0.5, 0.6) is 11.6 Å². The van der Waals surface area contributed by atoms with E-state index in [1.807, 2.05) is 6.07 Å². The Hall–Kier alpha value is -2.14. The van der Waals surface area contributed by atoms with Crippen molar-refractivity contribution in [1.29, 1.82) is 0 Å². The van der Waals surface area contributed by atoms with Crippen LogP contribution in [0.15, 0.2) is 36.7 Å². The van der Waals surface area contributed by atoms with Crippen LogP contribution in [0.3, 0.4) is 0 Å². The van der Waals surface area contributed by atoms with Crippen LogP contribution in [-0.2, 0) is 0 Å². The van der Waals surface area contributed by atoms with Crippen LogP contribution in [0, 0.1) is 0 Å². The summed E-state index contributed by atoms with van der Waals surface area (Å²) in [5.74, 6) is 0.988. The Bertz CT molecular complexity index is 531. The fourth-order valence-corrected chi connectivity index (χ4v) is 1.65. The van der Waals surface area contributed by atoms with E-state index in [2.05, 4.69) is 9.97 Å². The van der Waals surface area contributed by atoms with Crippen molar-refractivity contribution >= 4 is 0 Å². The van der Waals surface area contributed by atoms with E-state index in [1.54, 1.807) is 25.3 Å². The van der Waals surface area contributed by atoms with E-state index in [0.717, 1.165) is 0 Å². The topological polar surface area (TPSA) is 64.5 Å². The first-order chi connectivity index (χ1) is 8.76. The van der Waals surface area contributed by atoms with Gasteiger partial charge in [-0.3, -0.25) is 4.98 Å². The summed E-state index contributed by atoms with van der Waals surface area (Å²) in [6.07, 6.45) is 2.13. The lowest BCUT2D eigenvalue weighted by atomic mass is 10.1. The number of aliphatic hydroxyl groups is 1. The smallest absolute Gasteiger partial charge is 0.238 e. The van der Waals surface area contributed by atoms with E-state index in [9.17, 15) is 5.11 Å². The highest BCUT2D eigenvalue weighted by atomic mass is 16.5. The molecule has 1 unspecified atom stereocenters. The van der Waals surface area contributed by atoms with E-state index >= 15 is 0 Å². The molecular formula is C13H14N2O3. The molecule has 0 aliphatic carbocycles. The number of nitrogens with zero attached hydrogens (tertiary/aromatic N) is 2. The van der Waals surface area contributed by atoms with Gasteiger partial charge in [-0.1, -0.05) is 12.1 Å². The summed E-state index contributed by atoms with van der Waals surface area (Å²) in [6, 6.07) is 7.16. The van der Waals surface area contributed by atoms with E-state index in [-0.39, 0.29) is 0 Å². The SMILES string of the molecule is COc1cccc(C(O)c2nccnc2OC)c1. The zero-order valence-electron chi connectivity index (χ0n) is 10.2. The van der Waals surface area contributed by atoms with Gasteiger partial charge in [0.2, 0.25) is 5.88 Å². The molecule has 0 amide bonds. The molecule has 0 spiro atoms. The minimum Gasteiger partial charge on any atom is -0.497 e. The molecule has 94 valence electrons. The van der Waals surface area contributed by atoms with Gasteiger partial charge in [0.15, 0.2) is 0 Å². The first kappa shape index (κ1) is 12.3. The average Bonchev–Trinajstić information content (AvgIpc) is 2.46. The van der Waals surface area contributed by atoms with Crippen LogP contribution in [0.4, 0.5) is 0 Å². The molecular weight excluding hydrogens is 232 g/mol. The van der Waals surface area contributed by atoms with Gasteiger partial charge < -0.3 is 14.6 Å². The van der Waals surface area contributed by atoms with Gasteiger partial charge in [-0.2, -0.15) is 0 Å². The zero-order chi connectivity index (χ0) is 13.0. The van der Waals surface area contributed by atoms with Gasteiger partial charge >= 0.3 is 0 Å². The lowest BCUT2D eigenvalue weighted by Crippen LogP contribution is -2.06. The van der Waals surface area contributed by atoms with Crippen LogP contribution in [0.2, 0.25) is 0 Å². The molecule has 2 rings (SSSR count). The quantitative estimate of drug-likeness (QED) is 0.887. The van der Waals surface area contributed by atoms with Crippen LogP contribution < -0.4 is 9.47 Å². The summed E-state index contributed by atoms with van der Waals surface area (Å²) in [7, 11) is 3.07. The molecule has 0 radical (unpaired) electrons. The molecule has 2 aromatic rings. The van der Waals surface area contributed by atoms with E-state index < -0.39 is 6.10 Å². The third-order valence-electron chi connectivity index (χ3n) is 2.55. The lowest BCUT2D eigenvalue weighted by Gasteiger charge is -2.13. The van der Waals surface area contributed by atoms with Gasteiger partial charge in [0.1, 0.15) is 17.5 Å². The van der Waals surface area contributed by atoms with Crippen molar-refractivity contribution in [2.75, 3.05) is 14.2 Å². The van der Waals surface area contributed by atoms with Crippen molar-refractivity contribution in [3.05, 3.63) is 47.9 Å². The van der Waals surface area contributed by atoms with E-state index in [1.165, 1.54) is 19.5 Å². The third-order valence-corrected chi connectivity index (χ3v) is 2.55. The Morgan fingerprint density at radius 3 is 2.61 bits per heavy atom. The van der Waals surface area contributed by atoms with Gasteiger partial charge in [-0.05, 0) is 17.7 Å². The number of hydrogen-bond donors (Lipinski definition) is 1. The summed E-state index contributed by atoms with van der Waals surface area (Å²) in [5.41, 5.74) is 1.06. The van der Waals surface area contributed by atoms with Gasteiger partial charge in [0, 0.05) is 12.4 Å². The molecule has 1 heterocycles. The second-order valence-corrected chi connectivity index (χ2v) is 3.63.